The maximum atomic E-state index is 12.3. The van der Waals surface area contributed by atoms with Crippen LogP contribution < -0.4 is 11.1 Å². The second-order valence-electron chi connectivity index (χ2n) is 6.90. The zero-order valence-corrected chi connectivity index (χ0v) is 16.5. The van der Waals surface area contributed by atoms with E-state index in [0.29, 0.717) is 5.92 Å². The molecule has 2 heterocycles. The number of nitrogens with zero attached hydrogens (tertiary/aromatic N) is 1. The maximum Gasteiger partial charge on any atom is 0.240 e. The monoisotopic (exact) mass is 393 g/mol. The molecule has 1 saturated heterocycles. The minimum absolute atomic E-state index is 0. The predicted octanol–water partition coefficient (Wildman–Crippen LogP) is 3.19. The summed E-state index contributed by atoms with van der Waals surface area (Å²) in [6, 6.07) is 4.32. The maximum absolute atomic E-state index is 12.3. The number of likely N-dealkylation sites (tertiary alicyclic amines) is 1. The van der Waals surface area contributed by atoms with Crippen molar-refractivity contribution in [1.82, 2.24) is 10.2 Å². The van der Waals surface area contributed by atoms with Gasteiger partial charge < -0.3 is 11.1 Å². The van der Waals surface area contributed by atoms with Gasteiger partial charge in [-0.3, -0.25) is 9.69 Å². The second kappa shape index (κ2) is 9.97. The first-order valence-corrected chi connectivity index (χ1v) is 9.36. The molecule has 138 valence electrons. The molecule has 1 unspecified atom stereocenters. The first-order valence-electron chi connectivity index (χ1n) is 8.48. The molecule has 7 heteroatoms. The Morgan fingerprint density at radius 2 is 2.08 bits per heavy atom. The third-order valence-corrected chi connectivity index (χ3v) is 5.92. The summed E-state index contributed by atoms with van der Waals surface area (Å²) in [5.41, 5.74) is 5.62. The van der Waals surface area contributed by atoms with Crippen LogP contribution in [-0.2, 0) is 11.3 Å². The molecule has 1 atom stereocenters. The lowest BCUT2D eigenvalue weighted by atomic mass is 9.95. The van der Waals surface area contributed by atoms with Gasteiger partial charge in [-0.25, -0.2) is 0 Å². The highest BCUT2D eigenvalue weighted by Gasteiger charge is 2.37. The molecule has 0 spiro atoms. The van der Waals surface area contributed by atoms with E-state index in [1.807, 2.05) is 11.3 Å². The molecule has 3 N–H and O–H groups in total. The van der Waals surface area contributed by atoms with E-state index in [2.05, 4.69) is 27.7 Å². The zero-order valence-electron chi connectivity index (χ0n) is 14.0. The van der Waals surface area contributed by atoms with Crippen LogP contribution in [0.5, 0.6) is 0 Å². The summed E-state index contributed by atoms with van der Waals surface area (Å²) >= 11 is 1.82. The number of carbonyl (C=O) groups is 1. The summed E-state index contributed by atoms with van der Waals surface area (Å²) in [4.78, 5) is 16.2. The molecule has 1 amide bonds. The van der Waals surface area contributed by atoms with Crippen LogP contribution in [0, 0.1) is 5.92 Å². The summed E-state index contributed by atoms with van der Waals surface area (Å²) in [6.45, 7) is 4.07. The fraction of sp³-hybridized carbons (Fsp3) is 0.706. The van der Waals surface area contributed by atoms with Gasteiger partial charge in [-0.2, -0.15) is 0 Å². The highest BCUT2D eigenvalue weighted by molar-refractivity contribution is 7.09. The number of amides is 1. The topological polar surface area (TPSA) is 58.4 Å². The minimum Gasteiger partial charge on any atom is -0.354 e. The van der Waals surface area contributed by atoms with Gasteiger partial charge in [0.15, 0.2) is 0 Å². The molecule has 0 radical (unpaired) electrons. The number of piperidine rings is 1. The Balaban J connectivity index is 0.00000144. The van der Waals surface area contributed by atoms with Crippen molar-refractivity contribution in [3.63, 3.8) is 0 Å². The van der Waals surface area contributed by atoms with E-state index >= 15 is 0 Å². The van der Waals surface area contributed by atoms with Gasteiger partial charge in [0.1, 0.15) is 0 Å². The van der Waals surface area contributed by atoms with Crippen LogP contribution in [-0.4, -0.2) is 36.0 Å². The minimum atomic E-state index is -0.592. The molecular weight excluding hydrogens is 365 g/mol. The van der Waals surface area contributed by atoms with E-state index in [0.717, 1.165) is 45.3 Å². The third kappa shape index (κ3) is 5.60. The molecule has 4 nitrogen and oxygen atoms in total. The van der Waals surface area contributed by atoms with Gasteiger partial charge in [0.2, 0.25) is 5.91 Å². The van der Waals surface area contributed by atoms with E-state index < -0.39 is 5.54 Å². The van der Waals surface area contributed by atoms with Crippen LogP contribution in [0.25, 0.3) is 0 Å². The van der Waals surface area contributed by atoms with Gasteiger partial charge in [0, 0.05) is 24.5 Å². The van der Waals surface area contributed by atoms with Crippen molar-refractivity contribution in [3.8, 4) is 0 Å². The van der Waals surface area contributed by atoms with E-state index in [-0.39, 0.29) is 30.7 Å². The summed E-state index contributed by atoms with van der Waals surface area (Å²) in [5.74, 6) is 0.628. The fourth-order valence-electron chi connectivity index (χ4n) is 3.73. The van der Waals surface area contributed by atoms with Crippen LogP contribution in [0.15, 0.2) is 17.5 Å². The van der Waals surface area contributed by atoms with E-state index in [1.54, 1.807) is 0 Å². The fourth-order valence-corrected chi connectivity index (χ4v) is 4.48. The number of nitrogens with one attached hydrogen (secondary N) is 1. The number of nitrogens with two attached hydrogens (primary N) is 1. The van der Waals surface area contributed by atoms with Crippen LogP contribution in [0.1, 0.15) is 43.4 Å². The smallest absolute Gasteiger partial charge is 0.240 e. The van der Waals surface area contributed by atoms with Crippen molar-refractivity contribution >= 4 is 42.1 Å². The quantitative estimate of drug-likeness (QED) is 0.807. The normalized spacial score (nSPS) is 23.1. The van der Waals surface area contributed by atoms with Gasteiger partial charge >= 0.3 is 0 Å². The molecule has 1 aromatic heterocycles. The lowest BCUT2D eigenvalue weighted by Crippen LogP contribution is -2.53. The van der Waals surface area contributed by atoms with Crippen LogP contribution in [0.3, 0.4) is 0 Å². The second-order valence-corrected chi connectivity index (χ2v) is 7.93. The first kappa shape index (κ1) is 21.7. The summed E-state index contributed by atoms with van der Waals surface area (Å²) in [7, 11) is 0. The van der Waals surface area contributed by atoms with Crippen molar-refractivity contribution < 1.29 is 4.79 Å². The lowest BCUT2D eigenvalue weighted by molar-refractivity contribution is -0.126. The average molecular weight is 394 g/mol. The van der Waals surface area contributed by atoms with Crippen LogP contribution in [0.2, 0.25) is 0 Å². The van der Waals surface area contributed by atoms with E-state index in [9.17, 15) is 4.79 Å². The Kier molecular flexibility index (Phi) is 9.02. The van der Waals surface area contributed by atoms with Crippen molar-refractivity contribution in [2.24, 2.45) is 11.7 Å². The largest absolute Gasteiger partial charge is 0.354 e. The van der Waals surface area contributed by atoms with Gasteiger partial charge in [-0.15, -0.1) is 36.2 Å². The highest BCUT2D eigenvalue weighted by Crippen LogP contribution is 2.27. The molecular formula is C17H29Cl2N3OS. The number of hydrogen-bond acceptors (Lipinski definition) is 4. The summed E-state index contributed by atoms with van der Waals surface area (Å²) < 4.78 is 0. The molecule has 2 fully saturated rings. The molecule has 0 bridgehead atoms. The Morgan fingerprint density at radius 1 is 1.33 bits per heavy atom. The number of carbonyl (C=O) groups excluding carboxylic acids is 1. The molecule has 1 saturated carbocycles. The summed E-state index contributed by atoms with van der Waals surface area (Å²) in [5, 5.41) is 5.26. The van der Waals surface area contributed by atoms with Crippen LogP contribution >= 0.6 is 36.2 Å². The molecule has 24 heavy (non-hydrogen) atoms. The molecule has 1 aliphatic carbocycles. The molecule has 2 aliphatic rings. The van der Waals surface area contributed by atoms with E-state index in [1.165, 1.54) is 24.3 Å². The lowest BCUT2D eigenvalue weighted by Gasteiger charge is -2.33. The number of halogens is 2. The predicted molar refractivity (Wildman–Crippen MR) is 105 cm³/mol. The highest BCUT2D eigenvalue weighted by atomic mass is 35.5. The van der Waals surface area contributed by atoms with Crippen molar-refractivity contribution in [3.05, 3.63) is 22.4 Å². The zero-order chi connectivity index (χ0) is 15.4. The van der Waals surface area contributed by atoms with Crippen molar-refractivity contribution in [2.45, 2.75) is 50.6 Å². The van der Waals surface area contributed by atoms with Crippen molar-refractivity contribution in [2.75, 3.05) is 19.6 Å². The first-order chi connectivity index (χ1) is 10.7. The molecule has 3 rings (SSSR count). The molecule has 0 aromatic carbocycles. The molecule has 1 aliphatic heterocycles. The van der Waals surface area contributed by atoms with Gasteiger partial charge in [-0.05, 0) is 49.6 Å². The number of rotatable bonds is 5. The van der Waals surface area contributed by atoms with Gasteiger partial charge in [0.05, 0.1) is 5.54 Å². The molecule has 1 aromatic rings. The number of thiophene rings is 1. The Hall–Kier alpha value is -0.330. The Morgan fingerprint density at radius 3 is 2.75 bits per heavy atom. The number of hydrogen-bond donors (Lipinski definition) is 2. The third-order valence-electron chi connectivity index (χ3n) is 5.06. The van der Waals surface area contributed by atoms with Gasteiger partial charge in [-0.1, -0.05) is 18.9 Å². The standard InChI is InChI=1S/C17H27N3OS.2ClH/c18-17(7-1-2-8-17)16(21)19-11-14-5-3-9-20(12-14)13-15-6-4-10-22-15;;/h4,6,10,14H,1-3,5,7-9,11-13,18H2,(H,19,21);2*1H. The Labute approximate surface area is 161 Å². The summed E-state index contributed by atoms with van der Waals surface area (Å²) in [6.07, 6.45) is 6.28. The Bertz CT molecular complexity index is 492. The van der Waals surface area contributed by atoms with E-state index in [4.69, 9.17) is 5.73 Å². The average Bonchev–Trinajstić information content (AvgIpc) is 3.18. The van der Waals surface area contributed by atoms with Crippen molar-refractivity contribution in [1.29, 1.82) is 0 Å². The van der Waals surface area contributed by atoms with Crippen LogP contribution in [0.4, 0.5) is 0 Å². The van der Waals surface area contributed by atoms with Gasteiger partial charge in [0.25, 0.3) is 0 Å². The SMILES string of the molecule is Cl.Cl.NC1(C(=O)NCC2CCCN(Cc3cccs3)C2)CCCC1.